The Morgan fingerprint density at radius 3 is 2.70 bits per heavy atom. The summed E-state index contributed by atoms with van der Waals surface area (Å²) < 4.78 is 12.0. The van der Waals surface area contributed by atoms with E-state index >= 15 is 0 Å². The van der Waals surface area contributed by atoms with Crippen LogP contribution in [0.15, 0.2) is 29.4 Å². The van der Waals surface area contributed by atoms with Crippen molar-refractivity contribution in [2.75, 3.05) is 14.2 Å². The largest absolute Gasteiger partial charge is 0.398 e. The molecular formula is C17H24N2O4. The van der Waals surface area contributed by atoms with Crippen molar-refractivity contribution in [3.05, 3.63) is 35.4 Å². The van der Waals surface area contributed by atoms with Crippen LogP contribution in [0.4, 0.5) is 0 Å². The average Bonchev–Trinajstić information content (AvgIpc) is 2.50. The average molecular weight is 320 g/mol. The molecule has 0 bridgehead atoms. The molecule has 1 N–H and O–H groups in total. The Balaban J connectivity index is 2.44. The third-order valence-electron chi connectivity index (χ3n) is 3.66. The van der Waals surface area contributed by atoms with Crippen LogP contribution < -0.4 is 5.32 Å². The van der Waals surface area contributed by atoms with Crippen LogP contribution in [0.25, 0.3) is 0 Å². The fraction of sp³-hybridized carbons (Fsp3) is 0.529. The molecule has 6 heteroatoms. The van der Waals surface area contributed by atoms with Crippen LogP contribution in [0.2, 0.25) is 0 Å². The lowest BCUT2D eigenvalue weighted by atomic mass is 9.97. The number of nitrogens with zero attached hydrogens (tertiary/aromatic N) is 1. The standard InChI is InChI=1S/C17H24N2O4/c1-11-10-17(2,3)23-16(22-11)13-9-7-6-8-12(13)14(19-21-5)15(20)18-4/h6-9,11,16H,10H2,1-5H3,(H,18,20). The molecule has 1 heterocycles. The molecule has 2 atom stereocenters. The minimum atomic E-state index is -0.559. The quantitative estimate of drug-likeness (QED) is 0.683. The maximum atomic E-state index is 12.1. The van der Waals surface area contributed by atoms with E-state index in [4.69, 9.17) is 14.3 Å². The first-order valence-electron chi connectivity index (χ1n) is 7.63. The van der Waals surface area contributed by atoms with E-state index in [1.807, 2.05) is 39.0 Å². The second-order valence-corrected chi connectivity index (χ2v) is 6.15. The van der Waals surface area contributed by atoms with Crippen LogP contribution in [0, 0.1) is 0 Å². The van der Waals surface area contributed by atoms with Crippen molar-refractivity contribution in [2.24, 2.45) is 5.16 Å². The highest BCUT2D eigenvalue weighted by Crippen LogP contribution is 2.36. The summed E-state index contributed by atoms with van der Waals surface area (Å²) in [6.45, 7) is 6.08. The van der Waals surface area contributed by atoms with E-state index in [0.29, 0.717) is 5.56 Å². The Kier molecular flexibility index (Phi) is 5.38. The highest BCUT2D eigenvalue weighted by atomic mass is 16.7. The topological polar surface area (TPSA) is 69.2 Å². The van der Waals surface area contributed by atoms with Crippen LogP contribution in [0.1, 0.15) is 44.6 Å². The number of rotatable bonds is 4. The molecule has 23 heavy (non-hydrogen) atoms. The lowest BCUT2D eigenvalue weighted by Crippen LogP contribution is -2.39. The number of amides is 1. The Bertz CT molecular complexity index is 598. The van der Waals surface area contributed by atoms with Crippen LogP contribution in [0.5, 0.6) is 0 Å². The zero-order valence-electron chi connectivity index (χ0n) is 14.3. The van der Waals surface area contributed by atoms with Crippen molar-refractivity contribution in [1.29, 1.82) is 0 Å². The molecular weight excluding hydrogens is 296 g/mol. The van der Waals surface area contributed by atoms with Crippen molar-refractivity contribution in [3.63, 3.8) is 0 Å². The second kappa shape index (κ2) is 7.10. The summed E-state index contributed by atoms with van der Waals surface area (Å²) in [5.74, 6) is -0.331. The molecule has 1 aromatic rings. The van der Waals surface area contributed by atoms with E-state index in [-0.39, 0.29) is 23.3 Å². The van der Waals surface area contributed by atoms with E-state index < -0.39 is 6.29 Å². The zero-order chi connectivity index (χ0) is 17.0. The predicted molar refractivity (Wildman–Crippen MR) is 87.1 cm³/mol. The van der Waals surface area contributed by atoms with Gasteiger partial charge in [0, 0.05) is 24.6 Å². The van der Waals surface area contributed by atoms with E-state index in [1.165, 1.54) is 7.11 Å². The summed E-state index contributed by atoms with van der Waals surface area (Å²) in [4.78, 5) is 17.0. The van der Waals surface area contributed by atoms with Gasteiger partial charge < -0.3 is 19.6 Å². The van der Waals surface area contributed by atoms with Gasteiger partial charge in [0.15, 0.2) is 12.0 Å². The Labute approximate surface area is 136 Å². The summed E-state index contributed by atoms with van der Waals surface area (Å²) in [6.07, 6.45) is 0.302. The van der Waals surface area contributed by atoms with E-state index in [0.717, 1.165) is 12.0 Å². The molecule has 1 fully saturated rings. The molecule has 1 aliphatic rings. The van der Waals surface area contributed by atoms with E-state index in [1.54, 1.807) is 13.1 Å². The van der Waals surface area contributed by atoms with Crippen molar-refractivity contribution in [3.8, 4) is 0 Å². The summed E-state index contributed by atoms with van der Waals surface area (Å²) in [5.41, 5.74) is 1.27. The van der Waals surface area contributed by atoms with Gasteiger partial charge in [-0.1, -0.05) is 29.4 Å². The number of ether oxygens (including phenoxy) is 2. The summed E-state index contributed by atoms with van der Waals surface area (Å²) in [5, 5.41) is 6.44. The maximum Gasteiger partial charge on any atom is 0.273 e. The molecule has 1 amide bonds. The minimum absolute atomic E-state index is 0.0552. The van der Waals surface area contributed by atoms with Crippen molar-refractivity contribution in [1.82, 2.24) is 5.32 Å². The molecule has 0 saturated carbocycles. The smallest absolute Gasteiger partial charge is 0.273 e. The van der Waals surface area contributed by atoms with Gasteiger partial charge in [-0.3, -0.25) is 4.79 Å². The molecule has 0 radical (unpaired) electrons. The van der Waals surface area contributed by atoms with Crippen LogP contribution in [0.3, 0.4) is 0 Å². The molecule has 2 unspecified atom stereocenters. The van der Waals surface area contributed by atoms with Crippen molar-refractivity contribution < 1.29 is 19.1 Å². The molecule has 0 aliphatic carbocycles. The number of likely N-dealkylation sites (N-methyl/N-ethyl adjacent to an activating group) is 1. The number of oxime groups is 1. The lowest BCUT2D eigenvalue weighted by molar-refractivity contribution is -0.273. The molecule has 126 valence electrons. The van der Waals surface area contributed by atoms with Crippen LogP contribution >= 0.6 is 0 Å². The lowest BCUT2D eigenvalue weighted by Gasteiger charge is -2.40. The van der Waals surface area contributed by atoms with Gasteiger partial charge in [-0.2, -0.15) is 0 Å². The maximum absolute atomic E-state index is 12.1. The highest BCUT2D eigenvalue weighted by Gasteiger charge is 2.36. The molecule has 0 spiro atoms. The Morgan fingerprint density at radius 2 is 2.09 bits per heavy atom. The molecule has 0 aromatic heterocycles. The van der Waals surface area contributed by atoms with E-state index in [2.05, 4.69) is 10.5 Å². The third kappa shape index (κ3) is 4.09. The summed E-state index contributed by atoms with van der Waals surface area (Å²) >= 11 is 0. The second-order valence-electron chi connectivity index (χ2n) is 6.15. The van der Waals surface area contributed by atoms with Gasteiger partial charge >= 0.3 is 0 Å². The van der Waals surface area contributed by atoms with Gasteiger partial charge in [0.1, 0.15) is 7.11 Å². The number of carbonyl (C=O) groups excluding carboxylic acids is 1. The van der Waals surface area contributed by atoms with Gasteiger partial charge in [-0.15, -0.1) is 0 Å². The number of hydrogen-bond acceptors (Lipinski definition) is 5. The van der Waals surface area contributed by atoms with Crippen LogP contribution in [-0.2, 0) is 19.1 Å². The fourth-order valence-corrected chi connectivity index (χ4v) is 2.79. The first-order valence-corrected chi connectivity index (χ1v) is 7.63. The Morgan fingerprint density at radius 1 is 1.39 bits per heavy atom. The number of carbonyl (C=O) groups is 1. The molecule has 2 rings (SSSR count). The van der Waals surface area contributed by atoms with Gasteiger partial charge in [0.2, 0.25) is 0 Å². The molecule has 1 saturated heterocycles. The monoisotopic (exact) mass is 320 g/mol. The van der Waals surface area contributed by atoms with Gasteiger partial charge in [0.25, 0.3) is 5.91 Å². The van der Waals surface area contributed by atoms with Crippen molar-refractivity contribution in [2.45, 2.75) is 45.2 Å². The zero-order valence-corrected chi connectivity index (χ0v) is 14.3. The molecule has 1 aliphatic heterocycles. The summed E-state index contributed by atoms with van der Waals surface area (Å²) in [6, 6.07) is 7.40. The highest BCUT2D eigenvalue weighted by molar-refractivity contribution is 6.45. The Hall–Kier alpha value is -1.92. The number of hydrogen-bond donors (Lipinski definition) is 1. The first kappa shape index (κ1) is 17.4. The normalized spacial score (nSPS) is 24.1. The van der Waals surface area contributed by atoms with Gasteiger partial charge in [-0.25, -0.2) is 0 Å². The predicted octanol–water partition coefficient (Wildman–Crippen LogP) is 2.39. The number of benzene rings is 1. The summed E-state index contributed by atoms with van der Waals surface area (Å²) in [7, 11) is 2.96. The minimum Gasteiger partial charge on any atom is -0.398 e. The van der Waals surface area contributed by atoms with Gasteiger partial charge in [0.05, 0.1) is 11.7 Å². The van der Waals surface area contributed by atoms with E-state index in [9.17, 15) is 4.79 Å². The number of nitrogens with one attached hydrogen (secondary N) is 1. The third-order valence-corrected chi connectivity index (χ3v) is 3.66. The van der Waals surface area contributed by atoms with Crippen LogP contribution in [-0.4, -0.2) is 37.5 Å². The van der Waals surface area contributed by atoms with Crippen molar-refractivity contribution >= 4 is 11.6 Å². The SMILES string of the molecule is CNC(=O)C(=NOC)c1ccccc1C1OC(C)CC(C)(C)O1. The van der Waals surface area contributed by atoms with Gasteiger partial charge in [-0.05, 0) is 20.8 Å². The fourth-order valence-electron chi connectivity index (χ4n) is 2.79. The molecule has 1 aromatic carbocycles. The first-order chi connectivity index (χ1) is 10.9. The molecule has 6 nitrogen and oxygen atoms in total.